The minimum atomic E-state index is 0.595. The summed E-state index contributed by atoms with van der Waals surface area (Å²) in [4.78, 5) is 4.19. The maximum Gasteiger partial charge on any atom is 0.186 e. The van der Waals surface area contributed by atoms with Crippen molar-refractivity contribution in [3.8, 4) is 0 Å². The first-order valence-corrected chi connectivity index (χ1v) is 6.44. The molecule has 1 heterocycles. The van der Waals surface area contributed by atoms with E-state index in [1.165, 1.54) is 16.7 Å². The topological polar surface area (TPSA) is 56.7 Å². The van der Waals surface area contributed by atoms with Crippen LogP contribution in [0.2, 0.25) is 0 Å². The Kier molecular flexibility index (Phi) is 3.81. The van der Waals surface area contributed by atoms with Gasteiger partial charge in [-0.3, -0.25) is 0 Å². The number of nitrogens with zero attached hydrogens (tertiary/aromatic N) is 3. The second-order valence-electron chi connectivity index (χ2n) is 3.92. The van der Waals surface area contributed by atoms with E-state index < -0.39 is 0 Å². The number of nitrogens with two attached hydrogens (primary N) is 1. The van der Waals surface area contributed by atoms with Gasteiger partial charge in [0.25, 0.3) is 0 Å². The van der Waals surface area contributed by atoms with Crippen LogP contribution in [0.1, 0.15) is 16.7 Å². The zero-order valence-corrected chi connectivity index (χ0v) is 10.9. The van der Waals surface area contributed by atoms with Gasteiger partial charge in [0, 0.05) is 19.3 Å². The molecule has 0 spiro atoms. The average molecular weight is 248 g/mol. The van der Waals surface area contributed by atoms with Crippen LogP contribution in [0.25, 0.3) is 0 Å². The van der Waals surface area contributed by atoms with Gasteiger partial charge in [0.2, 0.25) is 0 Å². The van der Waals surface area contributed by atoms with E-state index in [0.717, 1.165) is 10.9 Å². The molecular formula is C12H16N4S. The third-order valence-electron chi connectivity index (χ3n) is 2.67. The molecule has 2 aromatic rings. The summed E-state index contributed by atoms with van der Waals surface area (Å²) in [6.45, 7) is 2.71. The molecule has 0 saturated carbocycles. The molecule has 0 atom stereocenters. The van der Waals surface area contributed by atoms with E-state index in [9.17, 15) is 0 Å². The Labute approximate surface area is 105 Å². The molecule has 90 valence electrons. The summed E-state index contributed by atoms with van der Waals surface area (Å²) >= 11 is 1.69. The molecule has 1 aromatic heterocycles. The molecule has 4 nitrogen and oxygen atoms in total. The van der Waals surface area contributed by atoms with Crippen molar-refractivity contribution >= 4 is 11.8 Å². The van der Waals surface area contributed by atoms with Gasteiger partial charge in [0.15, 0.2) is 5.16 Å². The summed E-state index contributed by atoms with van der Waals surface area (Å²) in [5.74, 6) is 0.906. The highest BCUT2D eigenvalue weighted by Gasteiger charge is 2.04. The van der Waals surface area contributed by atoms with E-state index in [4.69, 9.17) is 5.73 Å². The molecule has 17 heavy (non-hydrogen) atoms. The van der Waals surface area contributed by atoms with Crippen molar-refractivity contribution in [2.24, 2.45) is 12.8 Å². The highest BCUT2D eigenvalue weighted by Crippen LogP contribution is 2.22. The lowest BCUT2D eigenvalue weighted by atomic mass is 10.1. The van der Waals surface area contributed by atoms with Crippen molar-refractivity contribution in [3.05, 3.63) is 41.2 Å². The highest BCUT2D eigenvalue weighted by atomic mass is 32.2. The lowest BCUT2D eigenvalue weighted by Gasteiger charge is -2.07. The molecule has 5 heteroatoms. The molecule has 0 bridgehead atoms. The van der Waals surface area contributed by atoms with Gasteiger partial charge in [-0.25, -0.2) is 9.67 Å². The van der Waals surface area contributed by atoms with Crippen molar-refractivity contribution in [1.82, 2.24) is 14.8 Å². The van der Waals surface area contributed by atoms with Crippen LogP contribution in [0.4, 0.5) is 0 Å². The Bertz CT molecular complexity index is 507. The molecule has 1 aromatic carbocycles. The third-order valence-corrected chi connectivity index (χ3v) is 3.75. The molecule has 0 saturated heterocycles. The number of rotatable bonds is 4. The molecule has 2 rings (SSSR count). The number of aromatic nitrogens is 3. The maximum absolute atomic E-state index is 5.61. The monoisotopic (exact) mass is 248 g/mol. The van der Waals surface area contributed by atoms with Crippen LogP contribution in [0, 0.1) is 6.92 Å². The van der Waals surface area contributed by atoms with Crippen molar-refractivity contribution in [1.29, 1.82) is 0 Å². The lowest BCUT2D eigenvalue weighted by Crippen LogP contribution is -1.98. The maximum atomic E-state index is 5.61. The van der Waals surface area contributed by atoms with E-state index in [1.807, 2.05) is 7.05 Å². The largest absolute Gasteiger partial charge is 0.326 e. The van der Waals surface area contributed by atoms with E-state index in [1.54, 1.807) is 22.8 Å². The number of aryl methyl sites for hydroxylation is 2. The fourth-order valence-corrected chi connectivity index (χ4v) is 2.57. The fourth-order valence-electron chi connectivity index (χ4n) is 1.61. The molecule has 0 fully saturated rings. The predicted octanol–water partition coefficient (Wildman–Crippen LogP) is 1.87. The fraction of sp³-hybridized carbons (Fsp3) is 0.333. The molecule has 0 unspecified atom stereocenters. The van der Waals surface area contributed by atoms with Gasteiger partial charge in [-0.1, -0.05) is 30.0 Å². The van der Waals surface area contributed by atoms with Crippen LogP contribution in [0.5, 0.6) is 0 Å². The second-order valence-corrected chi connectivity index (χ2v) is 4.86. The average Bonchev–Trinajstić information content (AvgIpc) is 2.73. The zero-order valence-electron chi connectivity index (χ0n) is 10.1. The van der Waals surface area contributed by atoms with Crippen molar-refractivity contribution in [2.45, 2.75) is 24.4 Å². The van der Waals surface area contributed by atoms with Crippen molar-refractivity contribution < 1.29 is 0 Å². The first-order valence-electron chi connectivity index (χ1n) is 5.46. The van der Waals surface area contributed by atoms with Gasteiger partial charge < -0.3 is 5.73 Å². The normalized spacial score (nSPS) is 10.8. The summed E-state index contributed by atoms with van der Waals surface area (Å²) in [5, 5.41) is 4.98. The number of thioether (sulfide) groups is 1. The van der Waals surface area contributed by atoms with Gasteiger partial charge in [-0.2, -0.15) is 5.10 Å². The van der Waals surface area contributed by atoms with Crippen molar-refractivity contribution in [2.75, 3.05) is 0 Å². The van der Waals surface area contributed by atoms with Crippen LogP contribution >= 0.6 is 11.8 Å². The van der Waals surface area contributed by atoms with E-state index in [-0.39, 0.29) is 0 Å². The summed E-state index contributed by atoms with van der Waals surface area (Å²) in [5.41, 5.74) is 9.38. The highest BCUT2D eigenvalue weighted by molar-refractivity contribution is 7.98. The number of hydrogen-bond acceptors (Lipinski definition) is 4. The molecule has 0 radical (unpaired) electrons. The third kappa shape index (κ3) is 2.87. The predicted molar refractivity (Wildman–Crippen MR) is 69.6 cm³/mol. The molecule has 0 aliphatic carbocycles. The Morgan fingerprint density at radius 1 is 1.41 bits per heavy atom. The van der Waals surface area contributed by atoms with Crippen LogP contribution in [-0.2, 0) is 19.3 Å². The molecule has 0 amide bonds. The van der Waals surface area contributed by atoms with E-state index in [0.29, 0.717) is 6.54 Å². The van der Waals surface area contributed by atoms with Gasteiger partial charge in [-0.15, -0.1) is 0 Å². The van der Waals surface area contributed by atoms with E-state index in [2.05, 4.69) is 35.2 Å². The summed E-state index contributed by atoms with van der Waals surface area (Å²) in [6.07, 6.45) is 1.58. The SMILES string of the molecule is Cc1cc(CN)ccc1CSc1ncnn1C. The summed E-state index contributed by atoms with van der Waals surface area (Å²) in [6, 6.07) is 6.37. The first kappa shape index (κ1) is 12.1. The number of benzene rings is 1. The van der Waals surface area contributed by atoms with Gasteiger partial charge in [0.1, 0.15) is 6.33 Å². The standard InChI is InChI=1S/C12H16N4S/c1-9-5-10(6-13)3-4-11(9)7-17-12-14-8-15-16(12)2/h3-5,8H,6-7,13H2,1-2H3. The van der Waals surface area contributed by atoms with Crippen LogP contribution in [-0.4, -0.2) is 14.8 Å². The number of hydrogen-bond donors (Lipinski definition) is 1. The van der Waals surface area contributed by atoms with Gasteiger partial charge in [0.05, 0.1) is 0 Å². The minimum Gasteiger partial charge on any atom is -0.326 e. The van der Waals surface area contributed by atoms with E-state index >= 15 is 0 Å². The zero-order chi connectivity index (χ0) is 12.3. The van der Waals surface area contributed by atoms with Crippen molar-refractivity contribution in [3.63, 3.8) is 0 Å². The quantitative estimate of drug-likeness (QED) is 0.839. The Morgan fingerprint density at radius 2 is 2.24 bits per heavy atom. The Balaban J connectivity index is 2.07. The van der Waals surface area contributed by atoms with Crippen LogP contribution < -0.4 is 5.73 Å². The minimum absolute atomic E-state index is 0.595. The Hall–Kier alpha value is -1.33. The first-order chi connectivity index (χ1) is 8.20. The molecule has 0 aliphatic rings. The van der Waals surface area contributed by atoms with Gasteiger partial charge in [-0.05, 0) is 23.6 Å². The second kappa shape index (κ2) is 5.33. The lowest BCUT2D eigenvalue weighted by molar-refractivity contribution is 0.685. The molecule has 0 aliphatic heterocycles. The molecule has 2 N–H and O–H groups in total. The smallest absolute Gasteiger partial charge is 0.186 e. The Morgan fingerprint density at radius 3 is 2.82 bits per heavy atom. The summed E-state index contributed by atoms with van der Waals surface area (Å²) < 4.78 is 1.79. The van der Waals surface area contributed by atoms with Crippen LogP contribution in [0.15, 0.2) is 29.7 Å². The van der Waals surface area contributed by atoms with Gasteiger partial charge >= 0.3 is 0 Å². The van der Waals surface area contributed by atoms with Crippen LogP contribution in [0.3, 0.4) is 0 Å². The molecular weight excluding hydrogens is 232 g/mol. The summed E-state index contributed by atoms with van der Waals surface area (Å²) in [7, 11) is 1.90.